The van der Waals surface area contributed by atoms with Crippen LogP contribution in [0, 0.1) is 11.7 Å². The maximum atomic E-state index is 14.5. The summed E-state index contributed by atoms with van der Waals surface area (Å²) in [5, 5.41) is 0. The SMILES string of the molecule is COc1cccc(F)c1CN1CCC[C@@H](CC(=O)c2ccc3c(c2)C(c2ccc(N)c(OC(C)=O)c2)=NC3)C1. The standard InChI is InChI=1S/C31H32FN3O4/c1-19(36)39-30-15-22(10-11-27(30)33)31-24-14-21(8-9-23(24)16-34-31)28(37)13-20-5-4-12-35(17-20)18-25-26(32)6-3-7-29(25)38-2/h3,6-11,14-15,20H,4-5,12-13,16-18,33H2,1-2H3/t20-/m0/s1. The number of likely N-dealkylation sites (tertiary alicyclic amines) is 1. The second-order valence-electron chi connectivity index (χ2n) is 10.2. The Hall–Kier alpha value is -4.04. The van der Waals surface area contributed by atoms with E-state index in [2.05, 4.69) is 9.89 Å². The van der Waals surface area contributed by atoms with Crippen LogP contribution in [0.4, 0.5) is 10.1 Å². The van der Waals surface area contributed by atoms with Gasteiger partial charge in [-0.05, 0) is 61.2 Å². The predicted octanol–water partition coefficient (Wildman–Crippen LogP) is 5.18. The van der Waals surface area contributed by atoms with Gasteiger partial charge >= 0.3 is 5.97 Å². The molecule has 0 unspecified atom stereocenters. The van der Waals surface area contributed by atoms with Crippen LogP contribution in [-0.2, 0) is 17.9 Å². The van der Waals surface area contributed by atoms with Gasteiger partial charge in [-0.3, -0.25) is 19.5 Å². The number of piperidine rings is 1. The number of ether oxygens (including phenoxy) is 2. The van der Waals surface area contributed by atoms with E-state index >= 15 is 0 Å². The minimum absolute atomic E-state index is 0.0808. The molecule has 1 atom stereocenters. The molecule has 202 valence electrons. The van der Waals surface area contributed by atoms with Crippen LogP contribution < -0.4 is 15.2 Å². The highest BCUT2D eigenvalue weighted by atomic mass is 19.1. The summed E-state index contributed by atoms with van der Waals surface area (Å²) in [4.78, 5) is 31.7. The van der Waals surface area contributed by atoms with Crippen LogP contribution >= 0.6 is 0 Å². The van der Waals surface area contributed by atoms with E-state index in [-0.39, 0.29) is 17.5 Å². The maximum absolute atomic E-state index is 14.5. The third kappa shape index (κ3) is 5.86. The number of benzene rings is 3. The number of nitrogen functional groups attached to an aromatic ring is 1. The Morgan fingerprint density at radius 1 is 1.13 bits per heavy atom. The smallest absolute Gasteiger partial charge is 0.308 e. The number of fused-ring (bicyclic) bond motifs is 1. The summed E-state index contributed by atoms with van der Waals surface area (Å²) in [5.41, 5.74) is 11.0. The number of methoxy groups -OCH3 is 1. The van der Waals surface area contributed by atoms with Gasteiger partial charge < -0.3 is 15.2 Å². The number of nitrogens with zero attached hydrogens (tertiary/aromatic N) is 2. The molecule has 8 heteroatoms. The lowest BCUT2D eigenvalue weighted by atomic mass is 9.89. The summed E-state index contributed by atoms with van der Waals surface area (Å²) in [6.45, 7) is 3.89. The maximum Gasteiger partial charge on any atom is 0.308 e. The number of hydrogen-bond acceptors (Lipinski definition) is 7. The van der Waals surface area contributed by atoms with Crippen molar-refractivity contribution >= 4 is 23.2 Å². The molecule has 7 nitrogen and oxygen atoms in total. The van der Waals surface area contributed by atoms with Gasteiger partial charge in [-0.25, -0.2) is 4.39 Å². The molecule has 39 heavy (non-hydrogen) atoms. The van der Waals surface area contributed by atoms with Gasteiger partial charge in [0.1, 0.15) is 11.6 Å². The lowest BCUT2D eigenvalue weighted by molar-refractivity contribution is -0.131. The van der Waals surface area contributed by atoms with Crippen molar-refractivity contribution < 1.29 is 23.5 Å². The van der Waals surface area contributed by atoms with Crippen LogP contribution in [-0.4, -0.2) is 42.6 Å². The third-order valence-corrected chi connectivity index (χ3v) is 7.39. The first kappa shape index (κ1) is 26.6. The number of esters is 1. The topological polar surface area (TPSA) is 94.2 Å². The molecule has 0 amide bonds. The summed E-state index contributed by atoms with van der Waals surface area (Å²) in [5.74, 6) is 0.383. The van der Waals surface area contributed by atoms with Crippen molar-refractivity contribution in [2.45, 2.75) is 39.3 Å². The molecule has 5 rings (SSSR count). The van der Waals surface area contributed by atoms with E-state index in [1.165, 1.54) is 13.0 Å². The number of nitrogens with two attached hydrogens (primary N) is 1. The molecule has 3 aromatic carbocycles. The Bertz CT molecular complexity index is 1450. The zero-order valence-electron chi connectivity index (χ0n) is 22.2. The van der Waals surface area contributed by atoms with Gasteiger partial charge in [-0.15, -0.1) is 0 Å². The Morgan fingerprint density at radius 3 is 2.77 bits per heavy atom. The van der Waals surface area contributed by atoms with Crippen LogP contribution in [0.3, 0.4) is 0 Å². The molecule has 0 saturated carbocycles. The lowest BCUT2D eigenvalue weighted by Crippen LogP contribution is -2.36. The second kappa shape index (κ2) is 11.4. The van der Waals surface area contributed by atoms with Gasteiger partial charge in [0.2, 0.25) is 0 Å². The highest BCUT2D eigenvalue weighted by Crippen LogP contribution is 2.31. The van der Waals surface area contributed by atoms with Crippen LogP contribution in [0.2, 0.25) is 0 Å². The monoisotopic (exact) mass is 529 g/mol. The lowest BCUT2D eigenvalue weighted by Gasteiger charge is -2.33. The van der Waals surface area contributed by atoms with Crippen molar-refractivity contribution in [2.75, 3.05) is 25.9 Å². The van der Waals surface area contributed by atoms with Crippen molar-refractivity contribution in [3.63, 3.8) is 0 Å². The Balaban J connectivity index is 1.29. The molecule has 1 fully saturated rings. The summed E-state index contributed by atoms with van der Waals surface area (Å²) >= 11 is 0. The molecule has 2 heterocycles. The van der Waals surface area contributed by atoms with Crippen molar-refractivity contribution in [3.8, 4) is 11.5 Å². The molecule has 0 radical (unpaired) electrons. The number of anilines is 1. The van der Waals surface area contributed by atoms with E-state index in [0.29, 0.717) is 47.8 Å². The van der Waals surface area contributed by atoms with Gasteiger partial charge in [-0.1, -0.05) is 24.3 Å². The van der Waals surface area contributed by atoms with Crippen LogP contribution in [0.5, 0.6) is 11.5 Å². The highest BCUT2D eigenvalue weighted by molar-refractivity contribution is 6.16. The van der Waals surface area contributed by atoms with E-state index in [9.17, 15) is 14.0 Å². The number of carbonyl (C=O) groups excluding carboxylic acids is 2. The molecule has 3 aromatic rings. The minimum Gasteiger partial charge on any atom is -0.496 e. The quantitative estimate of drug-likeness (QED) is 0.187. The average molecular weight is 530 g/mol. The summed E-state index contributed by atoms with van der Waals surface area (Å²) in [6, 6.07) is 15.9. The number of carbonyl (C=O) groups is 2. The minimum atomic E-state index is -0.449. The fraction of sp³-hybridized carbons (Fsp3) is 0.323. The molecular formula is C31H32FN3O4. The number of halogens is 1. The number of ketones is 1. The number of hydrogen-bond donors (Lipinski definition) is 1. The Labute approximate surface area is 227 Å². The van der Waals surface area contributed by atoms with Gasteiger partial charge in [0.15, 0.2) is 11.5 Å². The molecule has 0 aromatic heterocycles. The van der Waals surface area contributed by atoms with Crippen LogP contribution in [0.15, 0.2) is 59.6 Å². The van der Waals surface area contributed by atoms with Gasteiger partial charge in [0.25, 0.3) is 0 Å². The number of aliphatic imine (C=N–C) groups is 1. The van der Waals surface area contributed by atoms with E-state index in [0.717, 1.165) is 48.3 Å². The fourth-order valence-electron chi connectivity index (χ4n) is 5.48. The van der Waals surface area contributed by atoms with Crippen LogP contribution in [0.1, 0.15) is 58.8 Å². The zero-order valence-corrected chi connectivity index (χ0v) is 22.2. The third-order valence-electron chi connectivity index (χ3n) is 7.39. The fourth-order valence-corrected chi connectivity index (χ4v) is 5.48. The van der Waals surface area contributed by atoms with Gasteiger partial charge in [-0.2, -0.15) is 0 Å². The first-order valence-electron chi connectivity index (χ1n) is 13.2. The van der Waals surface area contributed by atoms with Crippen molar-refractivity contribution in [1.29, 1.82) is 0 Å². The molecule has 0 aliphatic carbocycles. The first-order valence-corrected chi connectivity index (χ1v) is 13.2. The highest BCUT2D eigenvalue weighted by Gasteiger charge is 2.26. The molecule has 0 bridgehead atoms. The van der Waals surface area contributed by atoms with Gasteiger partial charge in [0.05, 0.1) is 25.1 Å². The first-order chi connectivity index (χ1) is 18.8. The summed E-state index contributed by atoms with van der Waals surface area (Å²) in [7, 11) is 1.55. The van der Waals surface area contributed by atoms with Gasteiger partial charge in [0, 0.05) is 48.7 Å². The van der Waals surface area contributed by atoms with Crippen molar-refractivity contribution in [2.24, 2.45) is 10.9 Å². The molecule has 2 aliphatic heterocycles. The summed E-state index contributed by atoms with van der Waals surface area (Å²) < 4.78 is 25.1. The van der Waals surface area contributed by atoms with E-state index in [1.54, 1.807) is 31.4 Å². The van der Waals surface area contributed by atoms with E-state index < -0.39 is 5.97 Å². The second-order valence-corrected chi connectivity index (χ2v) is 10.2. The van der Waals surface area contributed by atoms with Crippen LogP contribution in [0.25, 0.3) is 0 Å². The largest absolute Gasteiger partial charge is 0.496 e. The average Bonchev–Trinajstić information content (AvgIpc) is 3.34. The molecule has 2 N–H and O–H groups in total. The molecule has 1 saturated heterocycles. The molecular weight excluding hydrogens is 497 g/mol. The predicted molar refractivity (Wildman–Crippen MR) is 148 cm³/mol. The Kier molecular flexibility index (Phi) is 7.74. The van der Waals surface area contributed by atoms with E-state index in [4.69, 9.17) is 15.2 Å². The normalized spacial score (nSPS) is 16.9. The van der Waals surface area contributed by atoms with Crippen molar-refractivity contribution in [3.05, 3.63) is 88.2 Å². The summed E-state index contributed by atoms with van der Waals surface area (Å²) in [6.07, 6.45) is 2.34. The van der Waals surface area contributed by atoms with Crippen molar-refractivity contribution in [1.82, 2.24) is 4.90 Å². The van der Waals surface area contributed by atoms with E-state index in [1.807, 2.05) is 24.3 Å². The Morgan fingerprint density at radius 2 is 1.97 bits per heavy atom. The molecule has 0 spiro atoms. The molecule has 2 aliphatic rings. The number of rotatable bonds is 8. The number of Topliss-reactive ketones (excluding diaryl/α,β-unsaturated/α-hetero) is 1. The zero-order chi connectivity index (χ0) is 27.5.